The summed E-state index contributed by atoms with van der Waals surface area (Å²) < 4.78 is 37.6. The molecule has 3 rings (SSSR count). The molecule has 156 valence electrons. The van der Waals surface area contributed by atoms with Gasteiger partial charge in [0.05, 0.1) is 11.9 Å². The molecule has 12 heteroatoms. The first-order chi connectivity index (χ1) is 13.8. The molecule has 1 N–H and O–H groups in total. The molecule has 0 saturated carbocycles. The van der Waals surface area contributed by atoms with Crippen LogP contribution in [0.3, 0.4) is 0 Å². The fraction of sp³-hybridized carbons (Fsp3) is 0.353. The molecule has 0 saturated heterocycles. The standard InChI is InChI=1S/C17H20N4O5S3/c1-4-9-27-17-20-19-16(28-17)18-15(22)11(2)21(29(3,23)24)12-5-6-13-14(10-12)26-8-7-25-13/h4-6,10-11H,1,7-9H2,2-3H3,(H,18,19,22)/t11-/m0/s1. The number of ether oxygens (including phenoxy) is 2. The molecule has 0 aliphatic carbocycles. The van der Waals surface area contributed by atoms with E-state index in [1.165, 1.54) is 30.0 Å². The molecule has 0 radical (unpaired) electrons. The van der Waals surface area contributed by atoms with Gasteiger partial charge in [0.1, 0.15) is 19.3 Å². The van der Waals surface area contributed by atoms with E-state index in [0.29, 0.717) is 45.6 Å². The number of nitrogens with zero attached hydrogens (tertiary/aromatic N) is 3. The molecule has 2 heterocycles. The molecule has 1 aliphatic rings. The van der Waals surface area contributed by atoms with E-state index in [4.69, 9.17) is 9.47 Å². The van der Waals surface area contributed by atoms with Gasteiger partial charge in [-0.05, 0) is 19.1 Å². The summed E-state index contributed by atoms with van der Waals surface area (Å²) >= 11 is 2.65. The van der Waals surface area contributed by atoms with Crippen LogP contribution in [0.25, 0.3) is 0 Å². The second-order valence-electron chi connectivity index (χ2n) is 6.02. The van der Waals surface area contributed by atoms with Crippen LogP contribution in [0.1, 0.15) is 6.92 Å². The number of benzene rings is 1. The largest absolute Gasteiger partial charge is 0.486 e. The first kappa shape index (κ1) is 21.4. The lowest BCUT2D eigenvalue weighted by molar-refractivity contribution is -0.116. The highest BCUT2D eigenvalue weighted by Crippen LogP contribution is 2.35. The summed E-state index contributed by atoms with van der Waals surface area (Å²) in [4.78, 5) is 12.7. The third-order valence-electron chi connectivity index (χ3n) is 3.83. The number of hydrogen-bond acceptors (Lipinski definition) is 9. The Morgan fingerprint density at radius 3 is 2.79 bits per heavy atom. The zero-order valence-electron chi connectivity index (χ0n) is 15.8. The van der Waals surface area contributed by atoms with Gasteiger partial charge >= 0.3 is 0 Å². The second kappa shape index (κ2) is 9.01. The Labute approximate surface area is 177 Å². The zero-order chi connectivity index (χ0) is 21.0. The van der Waals surface area contributed by atoms with Crippen LogP contribution >= 0.6 is 23.1 Å². The lowest BCUT2D eigenvalue weighted by Crippen LogP contribution is -2.45. The van der Waals surface area contributed by atoms with Gasteiger partial charge in [-0.15, -0.1) is 16.8 Å². The minimum absolute atomic E-state index is 0.295. The van der Waals surface area contributed by atoms with Crippen LogP contribution in [0, 0.1) is 0 Å². The third-order valence-corrected chi connectivity index (χ3v) is 7.04. The molecule has 29 heavy (non-hydrogen) atoms. The lowest BCUT2D eigenvalue weighted by atomic mass is 10.2. The summed E-state index contributed by atoms with van der Waals surface area (Å²) in [6.45, 7) is 5.94. The first-order valence-corrected chi connectivity index (χ1v) is 12.2. The van der Waals surface area contributed by atoms with Crippen molar-refractivity contribution in [1.82, 2.24) is 10.2 Å². The van der Waals surface area contributed by atoms with E-state index in [1.807, 2.05) is 0 Å². The number of fused-ring (bicyclic) bond motifs is 1. The summed E-state index contributed by atoms with van der Waals surface area (Å²) in [5.74, 6) is 1.11. The Morgan fingerprint density at radius 1 is 1.38 bits per heavy atom. The Morgan fingerprint density at radius 2 is 2.10 bits per heavy atom. The van der Waals surface area contributed by atoms with E-state index in [-0.39, 0.29) is 0 Å². The van der Waals surface area contributed by atoms with Gasteiger partial charge in [0.2, 0.25) is 21.1 Å². The molecular formula is C17H20N4O5S3. The minimum atomic E-state index is -3.76. The molecule has 0 spiro atoms. The number of nitrogens with one attached hydrogen (secondary N) is 1. The maximum Gasteiger partial charge on any atom is 0.249 e. The van der Waals surface area contributed by atoms with Gasteiger partial charge in [0.15, 0.2) is 15.8 Å². The zero-order valence-corrected chi connectivity index (χ0v) is 18.3. The Bertz CT molecular complexity index is 1010. The van der Waals surface area contributed by atoms with Gasteiger partial charge in [-0.25, -0.2) is 8.42 Å². The van der Waals surface area contributed by atoms with Crippen LogP contribution in [-0.4, -0.2) is 55.8 Å². The lowest BCUT2D eigenvalue weighted by Gasteiger charge is -2.29. The molecular weight excluding hydrogens is 436 g/mol. The number of anilines is 2. The van der Waals surface area contributed by atoms with Crippen LogP contribution in [0.4, 0.5) is 10.8 Å². The Balaban J connectivity index is 1.80. The maximum atomic E-state index is 12.7. The number of hydrogen-bond donors (Lipinski definition) is 1. The molecule has 1 amide bonds. The first-order valence-electron chi connectivity index (χ1n) is 8.56. The van der Waals surface area contributed by atoms with Crippen molar-refractivity contribution in [2.75, 3.05) is 34.8 Å². The van der Waals surface area contributed by atoms with Crippen molar-refractivity contribution in [2.24, 2.45) is 0 Å². The van der Waals surface area contributed by atoms with Crippen molar-refractivity contribution in [2.45, 2.75) is 17.3 Å². The van der Waals surface area contributed by atoms with E-state index < -0.39 is 22.0 Å². The highest BCUT2D eigenvalue weighted by Gasteiger charge is 2.30. The van der Waals surface area contributed by atoms with Crippen molar-refractivity contribution in [3.8, 4) is 11.5 Å². The monoisotopic (exact) mass is 456 g/mol. The number of amides is 1. The number of sulfonamides is 1. The van der Waals surface area contributed by atoms with E-state index in [0.717, 1.165) is 10.6 Å². The normalized spacial score (nSPS) is 14.1. The average Bonchev–Trinajstić information content (AvgIpc) is 3.12. The SMILES string of the molecule is C=CCSc1nnc(NC(=O)[C@H](C)N(c2ccc3c(c2)OCCO3)S(C)(=O)=O)s1. The van der Waals surface area contributed by atoms with Crippen LogP contribution in [0.5, 0.6) is 11.5 Å². The van der Waals surface area contributed by atoms with E-state index in [9.17, 15) is 13.2 Å². The Kier molecular flexibility index (Phi) is 6.65. The van der Waals surface area contributed by atoms with Gasteiger partial charge in [0.25, 0.3) is 0 Å². The molecule has 0 bridgehead atoms. The average molecular weight is 457 g/mol. The smallest absolute Gasteiger partial charge is 0.249 e. The quantitative estimate of drug-likeness (QED) is 0.366. The van der Waals surface area contributed by atoms with Crippen molar-refractivity contribution < 1.29 is 22.7 Å². The molecule has 0 fully saturated rings. The van der Waals surface area contributed by atoms with Crippen molar-refractivity contribution in [3.63, 3.8) is 0 Å². The summed E-state index contributed by atoms with van der Waals surface area (Å²) in [7, 11) is -3.76. The molecule has 9 nitrogen and oxygen atoms in total. The molecule has 1 aliphatic heterocycles. The van der Waals surface area contributed by atoms with Gasteiger partial charge in [-0.3, -0.25) is 14.4 Å². The summed E-state index contributed by atoms with van der Waals surface area (Å²) in [6, 6.07) is 3.72. The van der Waals surface area contributed by atoms with Crippen LogP contribution in [0.2, 0.25) is 0 Å². The summed E-state index contributed by atoms with van der Waals surface area (Å²) in [5, 5.41) is 10.8. The highest BCUT2D eigenvalue weighted by molar-refractivity contribution is 8.01. The predicted octanol–water partition coefficient (Wildman–Crippen LogP) is 2.38. The van der Waals surface area contributed by atoms with Gasteiger partial charge in [-0.2, -0.15) is 0 Å². The minimum Gasteiger partial charge on any atom is -0.486 e. The molecule has 1 aromatic heterocycles. The fourth-order valence-electron chi connectivity index (χ4n) is 2.64. The van der Waals surface area contributed by atoms with Crippen LogP contribution < -0.4 is 19.1 Å². The van der Waals surface area contributed by atoms with Gasteiger partial charge in [-0.1, -0.05) is 29.2 Å². The van der Waals surface area contributed by atoms with Gasteiger partial charge in [0, 0.05) is 11.8 Å². The van der Waals surface area contributed by atoms with E-state index in [2.05, 4.69) is 22.1 Å². The van der Waals surface area contributed by atoms with E-state index in [1.54, 1.807) is 24.3 Å². The topological polar surface area (TPSA) is 111 Å². The summed E-state index contributed by atoms with van der Waals surface area (Å²) in [5.41, 5.74) is 0.305. The number of carbonyl (C=O) groups excluding carboxylic acids is 1. The van der Waals surface area contributed by atoms with Crippen LogP contribution in [0.15, 0.2) is 35.2 Å². The van der Waals surface area contributed by atoms with Gasteiger partial charge < -0.3 is 9.47 Å². The molecule has 1 aromatic carbocycles. The maximum absolute atomic E-state index is 12.7. The van der Waals surface area contributed by atoms with Crippen molar-refractivity contribution in [3.05, 3.63) is 30.9 Å². The van der Waals surface area contributed by atoms with E-state index >= 15 is 0 Å². The second-order valence-corrected chi connectivity index (χ2v) is 10.1. The number of aromatic nitrogens is 2. The molecule has 0 unspecified atom stereocenters. The molecule has 1 atom stereocenters. The van der Waals surface area contributed by atoms with Crippen molar-refractivity contribution >= 4 is 49.8 Å². The number of thioether (sulfide) groups is 1. The molecule has 2 aromatic rings. The predicted molar refractivity (Wildman–Crippen MR) is 114 cm³/mol. The van der Waals surface area contributed by atoms with Crippen LogP contribution in [-0.2, 0) is 14.8 Å². The number of rotatable bonds is 8. The third kappa shape index (κ3) is 5.19. The summed E-state index contributed by atoms with van der Waals surface area (Å²) in [6.07, 6.45) is 2.78. The highest BCUT2D eigenvalue weighted by atomic mass is 32.2. The number of carbonyl (C=O) groups is 1. The fourth-order valence-corrected chi connectivity index (χ4v) is 5.32. The van der Waals surface area contributed by atoms with Crippen molar-refractivity contribution in [1.29, 1.82) is 0 Å². The Hall–Kier alpha value is -2.31.